The molecule has 1 saturated carbocycles. The number of nitrogens with zero attached hydrogens (tertiary/aromatic N) is 1. The number of sulfone groups is 1. The number of rotatable bonds is 4. The van der Waals surface area contributed by atoms with Gasteiger partial charge in [-0.15, -0.1) is 11.3 Å². The lowest BCUT2D eigenvalue weighted by atomic mass is 10.3. The molecule has 0 radical (unpaired) electrons. The van der Waals surface area contributed by atoms with Gasteiger partial charge in [-0.25, -0.2) is 13.4 Å². The van der Waals surface area contributed by atoms with Crippen molar-refractivity contribution in [2.45, 2.75) is 30.9 Å². The van der Waals surface area contributed by atoms with Crippen LogP contribution in [-0.4, -0.2) is 30.8 Å². The average molecular weight is 274 g/mol. The lowest BCUT2D eigenvalue weighted by Gasteiger charge is -2.07. The summed E-state index contributed by atoms with van der Waals surface area (Å²) in [6.07, 6.45) is 3.35. The van der Waals surface area contributed by atoms with Crippen LogP contribution in [0.3, 0.4) is 0 Å². The number of hydrogen-bond acceptors (Lipinski definition) is 5. The fraction of sp³-hybridized carbons (Fsp3) is 0.600. The minimum Gasteiger partial charge on any atom is -0.301 e. The summed E-state index contributed by atoms with van der Waals surface area (Å²) >= 11 is 1.34. The van der Waals surface area contributed by atoms with Crippen LogP contribution in [0.5, 0.6) is 0 Å². The van der Waals surface area contributed by atoms with Crippen LogP contribution in [0.2, 0.25) is 0 Å². The van der Waals surface area contributed by atoms with Crippen molar-refractivity contribution in [1.82, 2.24) is 4.98 Å². The molecule has 1 aliphatic rings. The van der Waals surface area contributed by atoms with Crippen molar-refractivity contribution in [2.24, 2.45) is 0 Å². The third-order valence-corrected chi connectivity index (χ3v) is 5.03. The van der Waals surface area contributed by atoms with Gasteiger partial charge in [-0.3, -0.25) is 4.79 Å². The van der Waals surface area contributed by atoms with Gasteiger partial charge in [-0.1, -0.05) is 0 Å². The minimum absolute atomic E-state index is 0.479. The van der Waals surface area contributed by atoms with Crippen LogP contribution in [0, 0.1) is 0 Å². The van der Waals surface area contributed by atoms with Gasteiger partial charge < -0.3 is 5.32 Å². The standard InChI is InChI=1S/C10H14N2O3S2/c1-6(17(2,14)15)9(13)12-10-11-8(5-16-10)7-3-4-7/h5-7H,3-4H2,1-2H3,(H,11,12,13)/t6-/m0/s1. The maximum atomic E-state index is 11.6. The fourth-order valence-electron chi connectivity index (χ4n) is 1.31. The quantitative estimate of drug-likeness (QED) is 0.900. The molecule has 1 aliphatic carbocycles. The Morgan fingerprint density at radius 3 is 2.76 bits per heavy atom. The Kier molecular flexibility index (Phi) is 3.22. The predicted molar refractivity (Wildman–Crippen MR) is 67.0 cm³/mol. The molecule has 1 atom stereocenters. The van der Waals surface area contributed by atoms with Crippen molar-refractivity contribution in [2.75, 3.05) is 11.6 Å². The number of thiazole rings is 1. The topological polar surface area (TPSA) is 76.1 Å². The van der Waals surface area contributed by atoms with Crippen LogP contribution in [0.4, 0.5) is 5.13 Å². The van der Waals surface area contributed by atoms with Gasteiger partial charge in [0.1, 0.15) is 5.25 Å². The molecule has 17 heavy (non-hydrogen) atoms. The molecule has 0 bridgehead atoms. The van der Waals surface area contributed by atoms with E-state index in [9.17, 15) is 13.2 Å². The normalized spacial score (nSPS) is 17.8. The molecule has 1 amide bonds. The van der Waals surface area contributed by atoms with Crippen molar-refractivity contribution in [3.8, 4) is 0 Å². The molecule has 0 saturated heterocycles. The molecule has 0 unspecified atom stereocenters. The van der Waals surface area contributed by atoms with Crippen molar-refractivity contribution in [3.63, 3.8) is 0 Å². The number of carbonyl (C=O) groups excluding carboxylic acids is 1. The van der Waals surface area contributed by atoms with Gasteiger partial charge in [0.15, 0.2) is 15.0 Å². The van der Waals surface area contributed by atoms with Gasteiger partial charge in [-0.2, -0.15) is 0 Å². The van der Waals surface area contributed by atoms with E-state index in [-0.39, 0.29) is 0 Å². The average Bonchev–Trinajstić information content (AvgIpc) is 2.98. The van der Waals surface area contributed by atoms with Crippen molar-refractivity contribution < 1.29 is 13.2 Å². The van der Waals surface area contributed by atoms with Crippen LogP contribution in [-0.2, 0) is 14.6 Å². The number of aromatic nitrogens is 1. The molecule has 1 aromatic rings. The molecular formula is C10H14N2O3S2. The fourth-order valence-corrected chi connectivity index (χ4v) is 2.55. The highest BCUT2D eigenvalue weighted by atomic mass is 32.2. The molecule has 1 N–H and O–H groups in total. The lowest BCUT2D eigenvalue weighted by molar-refractivity contribution is -0.115. The third kappa shape index (κ3) is 3.04. The SMILES string of the molecule is C[C@@H](C(=O)Nc1nc(C2CC2)cs1)S(C)(=O)=O. The molecule has 1 fully saturated rings. The van der Waals surface area contributed by atoms with Gasteiger partial charge in [0, 0.05) is 17.6 Å². The zero-order valence-electron chi connectivity index (χ0n) is 9.63. The second-order valence-electron chi connectivity index (χ2n) is 4.31. The van der Waals surface area contributed by atoms with Crippen LogP contribution < -0.4 is 5.32 Å². The molecule has 2 rings (SSSR count). The van der Waals surface area contributed by atoms with E-state index in [1.54, 1.807) is 0 Å². The number of hydrogen-bond donors (Lipinski definition) is 1. The monoisotopic (exact) mass is 274 g/mol. The van der Waals surface area contributed by atoms with Crippen LogP contribution in [0.15, 0.2) is 5.38 Å². The molecule has 1 heterocycles. The predicted octanol–water partition coefficient (Wildman–Crippen LogP) is 1.39. The zero-order valence-corrected chi connectivity index (χ0v) is 11.3. The summed E-state index contributed by atoms with van der Waals surface area (Å²) in [7, 11) is -3.35. The number of nitrogens with one attached hydrogen (secondary N) is 1. The van der Waals surface area contributed by atoms with E-state index in [0.29, 0.717) is 11.0 Å². The van der Waals surface area contributed by atoms with E-state index in [1.165, 1.54) is 18.3 Å². The molecule has 94 valence electrons. The molecule has 0 spiro atoms. The van der Waals surface area contributed by atoms with E-state index in [0.717, 1.165) is 24.8 Å². The highest BCUT2D eigenvalue weighted by Crippen LogP contribution is 2.40. The van der Waals surface area contributed by atoms with Crippen LogP contribution in [0.1, 0.15) is 31.4 Å². The van der Waals surface area contributed by atoms with Gasteiger partial charge in [0.05, 0.1) is 5.69 Å². The Morgan fingerprint density at radius 1 is 1.59 bits per heavy atom. The summed E-state index contributed by atoms with van der Waals surface area (Å²) in [6.45, 7) is 1.38. The zero-order chi connectivity index (χ0) is 12.6. The second-order valence-corrected chi connectivity index (χ2v) is 7.54. The molecule has 7 heteroatoms. The summed E-state index contributed by atoms with van der Waals surface area (Å²) in [4.78, 5) is 15.9. The van der Waals surface area contributed by atoms with Gasteiger partial charge >= 0.3 is 0 Å². The Hall–Kier alpha value is -0.950. The number of amides is 1. The Balaban J connectivity index is 2.02. The minimum atomic E-state index is -3.35. The first-order valence-corrected chi connectivity index (χ1v) is 8.16. The summed E-state index contributed by atoms with van der Waals surface area (Å²) in [6, 6.07) is 0. The molecular weight excluding hydrogens is 260 g/mol. The summed E-state index contributed by atoms with van der Waals surface area (Å²) in [5, 5.41) is 3.89. The van der Waals surface area contributed by atoms with Crippen LogP contribution in [0.25, 0.3) is 0 Å². The molecule has 5 nitrogen and oxygen atoms in total. The van der Waals surface area contributed by atoms with E-state index < -0.39 is 21.0 Å². The van der Waals surface area contributed by atoms with Gasteiger partial charge in [0.25, 0.3) is 0 Å². The van der Waals surface area contributed by atoms with Crippen molar-refractivity contribution in [3.05, 3.63) is 11.1 Å². The highest BCUT2D eigenvalue weighted by molar-refractivity contribution is 7.92. The maximum Gasteiger partial charge on any atom is 0.244 e. The lowest BCUT2D eigenvalue weighted by Crippen LogP contribution is -2.31. The molecule has 0 aliphatic heterocycles. The Labute approximate surface area is 104 Å². The van der Waals surface area contributed by atoms with Gasteiger partial charge in [-0.05, 0) is 19.8 Å². The summed E-state index contributed by atoms with van der Waals surface area (Å²) in [5.74, 6) is 0.00781. The first kappa shape index (κ1) is 12.5. The van der Waals surface area contributed by atoms with E-state index in [2.05, 4.69) is 10.3 Å². The molecule has 1 aromatic heterocycles. The largest absolute Gasteiger partial charge is 0.301 e. The highest BCUT2D eigenvalue weighted by Gasteiger charge is 2.27. The van der Waals surface area contributed by atoms with Gasteiger partial charge in [0.2, 0.25) is 5.91 Å². The number of carbonyl (C=O) groups is 1. The van der Waals surface area contributed by atoms with E-state index in [4.69, 9.17) is 0 Å². The van der Waals surface area contributed by atoms with Crippen molar-refractivity contribution >= 4 is 32.2 Å². The molecule has 0 aromatic carbocycles. The smallest absolute Gasteiger partial charge is 0.244 e. The second kappa shape index (κ2) is 4.38. The summed E-state index contributed by atoms with van der Waals surface area (Å²) < 4.78 is 22.4. The third-order valence-electron chi connectivity index (χ3n) is 2.76. The van der Waals surface area contributed by atoms with Crippen molar-refractivity contribution in [1.29, 1.82) is 0 Å². The first-order valence-electron chi connectivity index (χ1n) is 5.33. The first-order chi connectivity index (χ1) is 7.88. The maximum absolute atomic E-state index is 11.6. The van der Waals surface area contributed by atoms with E-state index >= 15 is 0 Å². The Morgan fingerprint density at radius 2 is 2.24 bits per heavy atom. The van der Waals surface area contributed by atoms with E-state index in [1.807, 2.05) is 5.38 Å². The Bertz CT molecular complexity index is 532. The number of anilines is 1. The van der Waals surface area contributed by atoms with Crippen LogP contribution >= 0.6 is 11.3 Å². The summed E-state index contributed by atoms with van der Waals surface area (Å²) in [5.41, 5.74) is 0.998.